The predicted octanol–water partition coefficient (Wildman–Crippen LogP) is 4.96. The van der Waals surface area contributed by atoms with Crippen molar-refractivity contribution in [1.29, 1.82) is 0 Å². The van der Waals surface area contributed by atoms with Crippen molar-refractivity contribution in [3.8, 4) is 22.8 Å². The number of phenolic OH excluding ortho intramolecular Hbond substituents is 1. The summed E-state index contributed by atoms with van der Waals surface area (Å²) in [7, 11) is 9.30. The molecule has 0 radical (unpaired) electrons. The lowest BCUT2D eigenvalue weighted by molar-refractivity contribution is 0.0528. The summed E-state index contributed by atoms with van der Waals surface area (Å²) in [5, 5.41) is 11.7. The summed E-state index contributed by atoms with van der Waals surface area (Å²) in [6.45, 7) is 2.98. The topological polar surface area (TPSA) is 75.4 Å². The van der Waals surface area contributed by atoms with E-state index in [1.54, 1.807) is 20.1 Å². The molecule has 0 atom stereocenters. The molecule has 0 spiro atoms. The first-order valence-corrected chi connectivity index (χ1v) is 10.2. The summed E-state index contributed by atoms with van der Waals surface area (Å²) in [6, 6.07) is 9.11. The summed E-state index contributed by atoms with van der Waals surface area (Å²) >= 11 is 0. The summed E-state index contributed by atoms with van der Waals surface area (Å²) in [5.41, 5.74) is 2.97. The molecule has 0 aliphatic carbocycles. The van der Waals surface area contributed by atoms with Gasteiger partial charge in [-0.15, -0.1) is 24.8 Å². The predicted molar refractivity (Wildman–Crippen MR) is 135 cm³/mol. The maximum Gasteiger partial charge on any atom is 0.342 e. The van der Waals surface area contributed by atoms with E-state index in [1.807, 2.05) is 62.3 Å². The van der Waals surface area contributed by atoms with Crippen molar-refractivity contribution in [2.45, 2.75) is 20.0 Å². The van der Waals surface area contributed by atoms with E-state index >= 15 is 0 Å². The van der Waals surface area contributed by atoms with Gasteiger partial charge in [0.1, 0.15) is 28.4 Å². The highest BCUT2D eigenvalue weighted by atomic mass is 35.5. The zero-order valence-corrected chi connectivity index (χ0v) is 21.4. The highest BCUT2D eigenvalue weighted by Gasteiger charge is 2.28. The zero-order chi connectivity index (χ0) is 22.7. The highest BCUT2D eigenvalue weighted by Crippen LogP contribution is 2.41. The normalized spacial score (nSPS) is 10.8. The molecule has 1 N–H and O–H groups in total. The van der Waals surface area contributed by atoms with Crippen LogP contribution in [0.3, 0.4) is 0 Å². The lowest BCUT2D eigenvalue weighted by Gasteiger charge is -2.17. The second-order valence-electron chi connectivity index (χ2n) is 7.97. The third-order valence-electron chi connectivity index (χ3n) is 4.93. The van der Waals surface area contributed by atoms with Gasteiger partial charge in [0.25, 0.3) is 0 Å². The number of halogens is 2. The van der Waals surface area contributed by atoms with E-state index in [-0.39, 0.29) is 37.2 Å². The smallest absolute Gasteiger partial charge is 0.342 e. The fourth-order valence-corrected chi connectivity index (χ4v) is 3.66. The number of ether oxygens (including phenoxy) is 2. The van der Waals surface area contributed by atoms with Crippen LogP contribution in [0.5, 0.6) is 11.5 Å². The number of benzene rings is 2. The molecular weight excluding hydrogens is 467 g/mol. The van der Waals surface area contributed by atoms with Gasteiger partial charge >= 0.3 is 5.97 Å². The minimum atomic E-state index is -0.480. The summed E-state index contributed by atoms with van der Waals surface area (Å²) in [4.78, 5) is 17.0. The zero-order valence-electron chi connectivity index (χ0n) is 19.8. The Labute approximate surface area is 207 Å². The first-order chi connectivity index (χ1) is 14.8. The Morgan fingerprint density at radius 3 is 2.15 bits per heavy atom. The van der Waals surface area contributed by atoms with Gasteiger partial charge < -0.3 is 28.8 Å². The van der Waals surface area contributed by atoms with Gasteiger partial charge in [-0.1, -0.05) is 0 Å². The van der Waals surface area contributed by atoms with Gasteiger partial charge in [-0.3, -0.25) is 0 Å². The quantitative estimate of drug-likeness (QED) is 0.439. The number of esters is 1. The van der Waals surface area contributed by atoms with Crippen molar-refractivity contribution in [2.75, 3.05) is 41.9 Å². The number of nitrogens with zero attached hydrogens (tertiary/aromatic N) is 2. The van der Waals surface area contributed by atoms with Crippen LogP contribution in [0, 0.1) is 0 Å². The third-order valence-corrected chi connectivity index (χ3v) is 4.93. The van der Waals surface area contributed by atoms with Gasteiger partial charge in [-0.2, -0.15) is 0 Å². The number of fused-ring (bicyclic) bond motifs is 1. The third kappa shape index (κ3) is 6.12. The second-order valence-corrected chi connectivity index (χ2v) is 7.97. The molecule has 7 nitrogen and oxygen atoms in total. The molecule has 0 bridgehead atoms. The largest absolute Gasteiger partial charge is 0.507 e. The number of hydrogen-bond acceptors (Lipinski definition) is 7. The highest BCUT2D eigenvalue weighted by molar-refractivity contribution is 6.10. The molecule has 0 fully saturated rings. The maximum absolute atomic E-state index is 13.0. The summed E-state index contributed by atoms with van der Waals surface area (Å²) in [5.74, 6) is 0.809. The molecule has 3 aromatic rings. The summed E-state index contributed by atoms with van der Waals surface area (Å²) < 4.78 is 16.9. The van der Waals surface area contributed by atoms with Crippen LogP contribution in [0.15, 0.2) is 34.7 Å². The van der Waals surface area contributed by atoms with Crippen LogP contribution in [0.1, 0.15) is 28.4 Å². The van der Waals surface area contributed by atoms with E-state index < -0.39 is 5.97 Å². The molecule has 1 aromatic heterocycles. The molecule has 0 aliphatic heterocycles. The standard InChI is InChI=1S/C24H30N2O5.2ClH/c1-7-30-24(28)21-20-18(14-26(4)5)22(27)16(13-25(2)3)12-19(20)31-23(21)15-8-10-17(29-6)11-9-15;;/h8-12,27H,7,13-14H2,1-6H3;2*1H. The number of aromatic hydroxyl groups is 1. The van der Waals surface area contributed by atoms with E-state index in [0.717, 1.165) is 11.1 Å². The lowest BCUT2D eigenvalue weighted by atomic mass is 9.98. The summed E-state index contributed by atoms with van der Waals surface area (Å²) in [6.07, 6.45) is 0. The maximum atomic E-state index is 13.0. The van der Waals surface area contributed by atoms with Crippen LogP contribution < -0.4 is 4.74 Å². The van der Waals surface area contributed by atoms with Crippen molar-refractivity contribution >= 4 is 41.8 Å². The number of phenols is 1. The number of furan rings is 1. The first-order valence-electron chi connectivity index (χ1n) is 10.2. The van der Waals surface area contributed by atoms with Gasteiger partial charge in [-0.25, -0.2) is 4.79 Å². The van der Waals surface area contributed by atoms with Gasteiger partial charge in [0.05, 0.1) is 13.7 Å². The van der Waals surface area contributed by atoms with Crippen LogP contribution in [-0.4, -0.2) is 62.8 Å². The molecule has 0 saturated carbocycles. The van der Waals surface area contributed by atoms with Crippen LogP contribution in [0.25, 0.3) is 22.3 Å². The lowest BCUT2D eigenvalue weighted by Crippen LogP contribution is -2.15. The van der Waals surface area contributed by atoms with Crippen LogP contribution in [0.2, 0.25) is 0 Å². The van der Waals surface area contributed by atoms with Crippen molar-refractivity contribution in [2.24, 2.45) is 0 Å². The number of carbonyl (C=O) groups is 1. The van der Waals surface area contributed by atoms with Gasteiger partial charge in [-0.05, 0) is 65.4 Å². The van der Waals surface area contributed by atoms with E-state index in [4.69, 9.17) is 13.9 Å². The number of rotatable bonds is 8. The minimum absolute atomic E-state index is 0. The van der Waals surface area contributed by atoms with E-state index in [1.165, 1.54) is 0 Å². The average molecular weight is 499 g/mol. The number of hydrogen-bond donors (Lipinski definition) is 1. The Balaban J connectivity index is 0.00000272. The van der Waals surface area contributed by atoms with Crippen LogP contribution in [-0.2, 0) is 17.8 Å². The van der Waals surface area contributed by atoms with E-state index in [2.05, 4.69) is 0 Å². The van der Waals surface area contributed by atoms with Gasteiger partial charge in [0.15, 0.2) is 0 Å². The molecule has 1 heterocycles. The fourth-order valence-electron chi connectivity index (χ4n) is 3.66. The number of methoxy groups -OCH3 is 1. The van der Waals surface area contributed by atoms with Crippen LogP contribution >= 0.6 is 24.8 Å². The van der Waals surface area contributed by atoms with Gasteiger partial charge in [0, 0.05) is 35.2 Å². The van der Waals surface area contributed by atoms with Crippen molar-refractivity contribution in [3.05, 3.63) is 47.0 Å². The van der Waals surface area contributed by atoms with Crippen molar-refractivity contribution < 1.29 is 23.8 Å². The Bertz CT molecular complexity index is 1080. The molecule has 3 rings (SSSR count). The molecule has 0 saturated heterocycles. The van der Waals surface area contributed by atoms with E-state index in [0.29, 0.717) is 46.7 Å². The molecule has 0 amide bonds. The molecule has 0 unspecified atom stereocenters. The molecule has 182 valence electrons. The molecule has 33 heavy (non-hydrogen) atoms. The monoisotopic (exact) mass is 498 g/mol. The minimum Gasteiger partial charge on any atom is -0.507 e. The first kappa shape index (κ1) is 28.6. The SMILES string of the molecule is CCOC(=O)c1c(-c2ccc(OC)cc2)oc2cc(CN(C)C)c(O)c(CN(C)C)c12.Cl.Cl. The fraction of sp³-hybridized carbons (Fsp3) is 0.375. The Kier molecular flexibility index (Phi) is 10.5. The molecule has 9 heteroatoms. The second kappa shape index (κ2) is 12.1. The molecular formula is C24H32Cl2N2O5. The Morgan fingerprint density at radius 1 is 1.03 bits per heavy atom. The molecule has 0 aliphatic rings. The van der Waals surface area contributed by atoms with Gasteiger partial charge in [0.2, 0.25) is 0 Å². The van der Waals surface area contributed by atoms with Crippen molar-refractivity contribution in [3.63, 3.8) is 0 Å². The van der Waals surface area contributed by atoms with Crippen molar-refractivity contribution in [1.82, 2.24) is 9.80 Å². The average Bonchev–Trinajstić information content (AvgIpc) is 3.10. The number of carbonyl (C=O) groups excluding carboxylic acids is 1. The van der Waals surface area contributed by atoms with E-state index in [9.17, 15) is 9.90 Å². The Morgan fingerprint density at radius 2 is 1.64 bits per heavy atom. The van der Waals surface area contributed by atoms with Crippen LogP contribution in [0.4, 0.5) is 0 Å². The molecule has 2 aromatic carbocycles. The Hall–Kier alpha value is -2.45.